The number of benzene rings is 6. The van der Waals surface area contributed by atoms with E-state index in [-0.39, 0.29) is 206 Å². The van der Waals surface area contributed by atoms with Crippen molar-refractivity contribution in [1.82, 2.24) is 15.0 Å². The smallest absolute Gasteiger partial charge is 0.744 e. The van der Waals surface area contributed by atoms with Crippen molar-refractivity contribution in [3.8, 4) is 5.75 Å². The Kier molecular flexibility index (Phi) is 29.0. The molecule has 7 aromatic rings. The molecule has 32 nitrogen and oxygen atoms in total. The average Bonchev–Trinajstić information content (AvgIpc) is 3.28. The van der Waals surface area contributed by atoms with E-state index in [9.17, 15) is 91.3 Å². The molecule has 0 radical (unpaired) electrons. The number of nitrogens with two attached hydrogens (primary N) is 1. The predicted molar refractivity (Wildman–Crippen MR) is 249 cm³/mol. The maximum absolute atomic E-state index is 12.6. The summed E-state index contributed by atoms with van der Waals surface area (Å²) in [4.78, 5) is 5.33. The molecule has 1 heterocycles. The Morgan fingerprint density at radius 1 is 0.537 bits per heavy atom. The number of nitrogens with zero attached hydrogens (tertiary/aromatic N) is 7. The van der Waals surface area contributed by atoms with Crippen molar-refractivity contribution >= 4 is 144 Å². The zero-order valence-electron chi connectivity index (χ0n) is 42.7. The number of phenols is 1. The van der Waals surface area contributed by atoms with Gasteiger partial charge in [0.2, 0.25) is 22.3 Å². The Bertz CT molecular complexity index is 4500. The van der Waals surface area contributed by atoms with Crippen LogP contribution in [0, 0.1) is 0 Å². The molecule has 1 aromatic heterocycles. The van der Waals surface area contributed by atoms with E-state index in [1.807, 2.05) is 0 Å². The molecule has 0 amide bonds. The van der Waals surface area contributed by atoms with E-state index in [2.05, 4.69) is 50.2 Å². The van der Waals surface area contributed by atoms with Crippen molar-refractivity contribution in [2.24, 2.45) is 20.5 Å². The number of hydrogen-bond acceptors (Lipinski definition) is 32. The summed E-state index contributed by atoms with van der Waals surface area (Å²) in [6.07, 6.45) is 0.931. The van der Waals surface area contributed by atoms with Gasteiger partial charge >= 0.3 is 177 Å². The fourth-order valence-electron chi connectivity index (χ4n) is 6.79. The molecule has 0 saturated heterocycles. The van der Waals surface area contributed by atoms with Crippen LogP contribution in [0.5, 0.6) is 5.75 Å². The van der Waals surface area contributed by atoms with E-state index < -0.39 is 163 Å². The van der Waals surface area contributed by atoms with Gasteiger partial charge in [-0.3, -0.25) is 4.18 Å². The van der Waals surface area contributed by atoms with Crippen molar-refractivity contribution in [3.05, 3.63) is 91.3 Å². The van der Waals surface area contributed by atoms with Crippen LogP contribution in [-0.2, 0) is 75.0 Å². The summed E-state index contributed by atoms with van der Waals surface area (Å²) < 4.78 is 246. The third-order valence-electron chi connectivity index (χ3n) is 9.90. The predicted octanol–water partition coefficient (Wildman–Crippen LogP) is -15.4. The molecule has 0 saturated carbocycles. The molecule has 45 heteroatoms. The Labute approximate surface area is 598 Å². The van der Waals surface area contributed by atoms with Crippen LogP contribution >= 0.6 is 0 Å². The van der Waals surface area contributed by atoms with Gasteiger partial charge in [0.25, 0.3) is 0 Å². The molecule has 0 aliphatic rings. The molecule has 0 spiro atoms. The minimum absolute atomic E-state index is 0. The molecule has 402 valence electrons. The Balaban J connectivity index is 0.00000560. The van der Waals surface area contributed by atoms with Gasteiger partial charge in [-0.25, -0.2) is 68.9 Å². The zero-order valence-corrected chi connectivity index (χ0v) is 60.4. The molecule has 0 atom stereocenters. The van der Waals surface area contributed by atoms with E-state index in [1.165, 1.54) is 12.1 Å². The van der Waals surface area contributed by atoms with Crippen molar-refractivity contribution in [2.45, 2.75) is 29.4 Å². The molecule has 0 unspecified atom stereocenters. The number of nitrogen functional groups attached to an aromatic ring is 1. The zero-order chi connectivity index (χ0) is 56.1. The number of hydrogen-bond donors (Lipinski definition) is 4. The second kappa shape index (κ2) is 30.2. The third kappa shape index (κ3) is 19.6. The number of nitrogens with one attached hydrogen (secondary N) is 2. The number of sulfone groups is 1. The minimum Gasteiger partial charge on any atom is -0.744 e. The van der Waals surface area contributed by atoms with Crippen LogP contribution in [0.4, 0.5) is 51.7 Å². The Morgan fingerprint density at radius 2 is 1.07 bits per heavy atom. The molecule has 0 aliphatic carbocycles. The van der Waals surface area contributed by atoms with Gasteiger partial charge in [0.05, 0.1) is 58.5 Å². The topological polar surface area (TPSA) is 545 Å². The molecule has 7 rings (SSSR count). The minimum atomic E-state index is -5.83. The second-order valence-corrected chi connectivity index (χ2v) is 24.8. The molecular formula is C37H24N10Na6O22S7. The summed E-state index contributed by atoms with van der Waals surface area (Å²) in [5, 5.41) is 28.2. The SMILES string of the molecule is Nc1c(N=Nc2cc(Nc3ncnc(Nc4ccc(S(=O)(=O)CCOS(=O)(=O)[O-])cc4)n3)cc(S(=O)(=O)[O-])c2)c(S(=O)(=O)[O-])cc2cc(S(=O)(=O)[O-])c(N=Nc3ccc4c(S(=O)(=O)[O-])cccc4c3S(=O)(=O)[O-])c(O)c12.[Na+].[Na+].[Na+].[Na+].[Na+].[Na+]. The first-order chi connectivity index (χ1) is 35.0. The number of rotatable bonds is 18. The van der Waals surface area contributed by atoms with Gasteiger partial charge in [-0.05, 0) is 72.1 Å². The standard InChI is InChI=1S/C37H30N10O22S7.6Na/c38-31-30-18(13-29(74(60,61)62)33(34(30)48)47-45-26-9-8-24-25(35(26)75(63,64)65)2-1-3-27(24)72(54,55)56)12-28(73(57,58)59)32(31)46-44-21-14-20(15-23(16-21)71(51,52)53)42-37-40-17-39-36(43-37)41-19-4-6-22(7-5-19)70(49,50)11-10-69-76(66,67)68;;;;;;/h1-9,12-17,48H,10-11,38H2,(H,51,52,53)(H,54,55,56)(H,57,58,59)(H,60,61,62)(H,63,64,65)(H,66,67,68)(H2,39,40,41,42,43);;;;;;/q;6*+1/p-6. The van der Waals surface area contributed by atoms with Crippen LogP contribution in [0.3, 0.4) is 0 Å². The maximum atomic E-state index is 12.6. The van der Waals surface area contributed by atoms with E-state index in [0.717, 1.165) is 54.9 Å². The molecule has 6 aromatic carbocycles. The van der Waals surface area contributed by atoms with Gasteiger partial charge in [-0.1, -0.05) is 18.2 Å². The van der Waals surface area contributed by atoms with Crippen molar-refractivity contribution < 1.29 is 273 Å². The fraction of sp³-hybridized carbons (Fsp3) is 0.0541. The quantitative estimate of drug-likeness (QED) is 0.0204. The van der Waals surface area contributed by atoms with Gasteiger partial charge in [0, 0.05) is 22.1 Å². The summed E-state index contributed by atoms with van der Waals surface area (Å²) in [5.41, 5.74) is 0.891. The first kappa shape index (κ1) is 78.6. The molecular weight excluding hydrogens is 1300 g/mol. The van der Waals surface area contributed by atoms with E-state index in [0.29, 0.717) is 24.3 Å². The van der Waals surface area contributed by atoms with Crippen molar-refractivity contribution in [1.29, 1.82) is 0 Å². The first-order valence-electron chi connectivity index (χ1n) is 19.6. The Hall–Kier alpha value is -1.38. The molecule has 0 bridgehead atoms. The number of fused-ring (bicyclic) bond motifs is 2. The first-order valence-corrected chi connectivity index (χ1v) is 29.7. The normalized spacial score (nSPS) is 12.3. The third-order valence-corrected chi connectivity index (χ3v) is 16.4. The summed E-state index contributed by atoms with van der Waals surface area (Å²) in [5.74, 6) is -2.91. The Morgan fingerprint density at radius 3 is 1.60 bits per heavy atom. The van der Waals surface area contributed by atoms with Crippen LogP contribution in [0.15, 0.2) is 141 Å². The fourth-order valence-corrected chi connectivity index (χ4v) is 11.6. The summed E-state index contributed by atoms with van der Waals surface area (Å²) in [6.45, 7) is -0.946. The molecule has 0 fully saturated rings. The van der Waals surface area contributed by atoms with Crippen molar-refractivity contribution in [3.63, 3.8) is 0 Å². The van der Waals surface area contributed by atoms with E-state index in [1.54, 1.807) is 0 Å². The average molecular weight is 1320 g/mol. The largest absolute Gasteiger partial charge is 1.00 e. The molecule has 0 aliphatic heterocycles. The van der Waals surface area contributed by atoms with Crippen LogP contribution in [0.2, 0.25) is 0 Å². The van der Waals surface area contributed by atoms with Gasteiger partial charge in [0.1, 0.15) is 74.0 Å². The van der Waals surface area contributed by atoms with E-state index >= 15 is 0 Å². The van der Waals surface area contributed by atoms with Crippen molar-refractivity contribution in [2.75, 3.05) is 28.7 Å². The number of phenolic OH excluding ortho intramolecular Hbond substituents is 1. The number of aromatic hydroxyl groups is 1. The summed E-state index contributed by atoms with van der Waals surface area (Å²) in [7, 11) is -37.2. The van der Waals surface area contributed by atoms with E-state index in [4.69, 9.17) is 5.73 Å². The van der Waals surface area contributed by atoms with Crippen LogP contribution in [-0.4, -0.2) is 119 Å². The van der Waals surface area contributed by atoms with Gasteiger partial charge < -0.3 is 48.8 Å². The van der Waals surface area contributed by atoms with Gasteiger partial charge in [-0.15, -0.1) is 15.3 Å². The summed E-state index contributed by atoms with van der Waals surface area (Å²) >= 11 is 0. The summed E-state index contributed by atoms with van der Waals surface area (Å²) in [6, 6.07) is 11.8. The van der Waals surface area contributed by atoms with Crippen LogP contribution in [0.25, 0.3) is 21.5 Å². The number of azo groups is 2. The van der Waals surface area contributed by atoms with Crippen LogP contribution < -0.4 is 194 Å². The van der Waals surface area contributed by atoms with Crippen LogP contribution in [0.1, 0.15) is 0 Å². The monoisotopic (exact) mass is 1320 g/mol. The molecule has 5 N–H and O–H groups in total. The van der Waals surface area contributed by atoms with Gasteiger partial charge in [-0.2, -0.15) is 10.1 Å². The molecule has 82 heavy (non-hydrogen) atoms. The number of aromatic nitrogens is 3. The second-order valence-electron chi connectivity index (χ2n) is 14.9. The maximum Gasteiger partial charge on any atom is 1.00 e. The number of anilines is 5. The van der Waals surface area contributed by atoms with Gasteiger partial charge in [0.15, 0.2) is 15.6 Å².